The highest BCUT2D eigenvalue weighted by Crippen LogP contribution is 2.29. The molecule has 0 unspecified atom stereocenters. The van der Waals surface area contributed by atoms with Crippen LogP contribution in [0.15, 0.2) is 0 Å². The van der Waals surface area contributed by atoms with Gasteiger partial charge >= 0.3 is 0 Å². The van der Waals surface area contributed by atoms with Crippen LogP contribution in [-0.4, -0.2) is 13.2 Å². The van der Waals surface area contributed by atoms with Crippen molar-refractivity contribution >= 4 is 0 Å². The Labute approximate surface area is 76.9 Å². The summed E-state index contributed by atoms with van der Waals surface area (Å²) in [6.07, 6.45) is 1.26. The van der Waals surface area contributed by atoms with Crippen LogP contribution in [0.25, 0.3) is 0 Å². The van der Waals surface area contributed by atoms with E-state index in [1.807, 2.05) is 27.7 Å². The van der Waals surface area contributed by atoms with Gasteiger partial charge in [0.15, 0.2) is 0 Å². The van der Waals surface area contributed by atoms with Crippen LogP contribution in [0.1, 0.15) is 48.0 Å². The van der Waals surface area contributed by atoms with Crippen molar-refractivity contribution in [3.8, 4) is 0 Å². The highest BCUT2D eigenvalue weighted by molar-refractivity contribution is 4.78. The van der Waals surface area contributed by atoms with Crippen LogP contribution in [0.5, 0.6) is 0 Å². The largest absolute Gasteiger partial charge is 0.380 e. The molecule has 0 amide bonds. The molecule has 0 aliphatic carbocycles. The molecule has 1 fully saturated rings. The van der Waals surface area contributed by atoms with Crippen LogP contribution < -0.4 is 0 Å². The molecule has 0 N–H and O–H groups in total. The molecular formula is C10H25FO. The van der Waals surface area contributed by atoms with Gasteiger partial charge in [-0.1, -0.05) is 41.5 Å². The van der Waals surface area contributed by atoms with Gasteiger partial charge in [0.05, 0.1) is 13.2 Å². The zero-order valence-corrected chi connectivity index (χ0v) is 9.44. The van der Waals surface area contributed by atoms with Crippen molar-refractivity contribution < 1.29 is 9.44 Å². The predicted octanol–water partition coefficient (Wildman–Crippen LogP) is 3.64. The van der Waals surface area contributed by atoms with Crippen molar-refractivity contribution in [2.45, 2.75) is 48.0 Å². The molecule has 0 aromatic heterocycles. The molecule has 0 aromatic rings. The van der Waals surface area contributed by atoms with E-state index in [2.05, 4.69) is 13.8 Å². The summed E-state index contributed by atoms with van der Waals surface area (Å²) in [5.41, 5.74) is 0.542. The van der Waals surface area contributed by atoms with Gasteiger partial charge in [-0.15, -0.1) is 0 Å². The lowest BCUT2D eigenvalue weighted by atomic mass is 9.86. The summed E-state index contributed by atoms with van der Waals surface area (Å²) in [6, 6.07) is 0. The first kappa shape index (κ1) is 17.8. The molecule has 0 spiro atoms. The number of rotatable bonds is 1. The van der Waals surface area contributed by atoms with Crippen molar-refractivity contribution in [2.75, 3.05) is 13.2 Å². The van der Waals surface area contributed by atoms with Crippen LogP contribution in [-0.2, 0) is 4.74 Å². The fraction of sp³-hybridized carbons (Fsp3) is 1.00. The maximum Gasteiger partial charge on any atom is 0.0542 e. The van der Waals surface area contributed by atoms with E-state index in [1.165, 1.54) is 6.42 Å². The van der Waals surface area contributed by atoms with Gasteiger partial charge in [-0.3, -0.25) is 4.70 Å². The molecule has 78 valence electrons. The van der Waals surface area contributed by atoms with Gasteiger partial charge in [0.25, 0.3) is 0 Å². The molecule has 0 atom stereocenters. The molecule has 0 bridgehead atoms. The summed E-state index contributed by atoms with van der Waals surface area (Å²) in [4.78, 5) is 0. The summed E-state index contributed by atoms with van der Waals surface area (Å²) < 4.78 is 5.03. The number of hydrogen-bond donors (Lipinski definition) is 0. The average Bonchev–Trinajstić information content (AvgIpc) is 2.08. The molecule has 0 saturated carbocycles. The first-order chi connectivity index (χ1) is 5.27. The SMILES string of the molecule is CC.CC.CCC1(C)COC1.F. The first-order valence-electron chi connectivity index (χ1n) is 4.85. The maximum atomic E-state index is 5.03. The fourth-order valence-corrected chi connectivity index (χ4v) is 0.655. The minimum Gasteiger partial charge on any atom is -0.380 e. The molecular weight excluding hydrogens is 155 g/mol. The molecule has 0 aromatic carbocycles. The van der Waals surface area contributed by atoms with Crippen LogP contribution in [0.2, 0.25) is 0 Å². The molecule has 1 aliphatic heterocycles. The van der Waals surface area contributed by atoms with Crippen molar-refractivity contribution in [3.05, 3.63) is 0 Å². The van der Waals surface area contributed by atoms with E-state index in [0.717, 1.165) is 13.2 Å². The van der Waals surface area contributed by atoms with Gasteiger partial charge < -0.3 is 4.74 Å². The monoisotopic (exact) mass is 180 g/mol. The van der Waals surface area contributed by atoms with E-state index in [-0.39, 0.29) is 4.70 Å². The molecule has 1 aliphatic rings. The van der Waals surface area contributed by atoms with Gasteiger partial charge in [-0.05, 0) is 6.42 Å². The Hall–Kier alpha value is -0.110. The van der Waals surface area contributed by atoms with Crippen molar-refractivity contribution in [1.82, 2.24) is 0 Å². The summed E-state index contributed by atoms with van der Waals surface area (Å²) in [5.74, 6) is 0. The van der Waals surface area contributed by atoms with Crippen molar-refractivity contribution in [1.29, 1.82) is 0 Å². The predicted molar refractivity (Wildman–Crippen MR) is 54.4 cm³/mol. The van der Waals surface area contributed by atoms with E-state index in [1.54, 1.807) is 0 Å². The molecule has 2 heteroatoms. The Morgan fingerprint density at radius 2 is 1.42 bits per heavy atom. The highest BCUT2D eigenvalue weighted by Gasteiger charge is 2.30. The third-order valence-electron chi connectivity index (χ3n) is 1.75. The second-order valence-corrected chi connectivity index (χ2v) is 2.66. The zero-order chi connectivity index (χ0) is 9.33. The summed E-state index contributed by atoms with van der Waals surface area (Å²) in [7, 11) is 0. The molecule has 1 heterocycles. The Bertz CT molecular complexity index is 64.7. The smallest absolute Gasteiger partial charge is 0.0542 e. The maximum absolute atomic E-state index is 5.03. The van der Waals surface area contributed by atoms with Crippen molar-refractivity contribution in [2.24, 2.45) is 5.41 Å². The number of hydrogen-bond acceptors (Lipinski definition) is 1. The van der Waals surface area contributed by atoms with E-state index in [4.69, 9.17) is 4.74 Å². The topological polar surface area (TPSA) is 9.23 Å². The normalized spacial score (nSPS) is 16.5. The van der Waals surface area contributed by atoms with Crippen LogP contribution >= 0.6 is 0 Å². The van der Waals surface area contributed by atoms with Gasteiger partial charge in [0.1, 0.15) is 0 Å². The first-order valence-corrected chi connectivity index (χ1v) is 4.85. The second-order valence-electron chi connectivity index (χ2n) is 2.66. The molecule has 1 saturated heterocycles. The van der Waals surface area contributed by atoms with Crippen molar-refractivity contribution in [3.63, 3.8) is 0 Å². The Kier molecular flexibility index (Phi) is 16.2. The van der Waals surface area contributed by atoms with Gasteiger partial charge in [-0.25, -0.2) is 0 Å². The van der Waals surface area contributed by atoms with Gasteiger partial charge in [0.2, 0.25) is 0 Å². The summed E-state index contributed by atoms with van der Waals surface area (Å²) in [6.45, 7) is 14.4. The van der Waals surface area contributed by atoms with Crippen LogP contribution in [0.4, 0.5) is 4.70 Å². The Morgan fingerprint density at radius 3 is 1.42 bits per heavy atom. The van der Waals surface area contributed by atoms with E-state index in [0.29, 0.717) is 5.41 Å². The molecule has 1 rings (SSSR count). The standard InChI is InChI=1S/C6H12O.2C2H6.FH/c1-3-6(2)4-7-5-6;2*1-2;/h3-5H2,1-2H3;2*1-2H3;1H. The molecule has 1 nitrogen and oxygen atoms in total. The number of halogens is 1. The summed E-state index contributed by atoms with van der Waals surface area (Å²) >= 11 is 0. The Balaban J connectivity index is -0.000000144. The fourth-order valence-electron chi connectivity index (χ4n) is 0.655. The summed E-state index contributed by atoms with van der Waals surface area (Å²) in [5, 5.41) is 0. The second kappa shape index (κ2) is 10.9. The minimum atomic E-state index is 0. The minimum absolute atomic E-state index is 0. The Morgan fingerprint density at radius 1 is 1.08 bits per heavy atom. The van der Waals surface area contributed by atoms with E-state index < -0.39 is 0 Å². The van der Waals surface area contributed by atoms with Crippen LogP contribution in [0.3, 0.4) is 0 Å². The quantitative estimate of drug-likeness (QED) is 0.598. The van der Waals surface area contributed by atoms with Gasteiger partial charge in [0, 0.05) is 5.41 Å². The average molecular weight is 180 g/mol. The lowest BCUT2D eigenvalue weighted by Crippen LogP contribution is -2.38. The van der Waals surface area contributed by atoms with Gasteiger partial charge in [-0.2, -0.15) is 0 Å². The lowest BCUT2D eigenvalue weighted by molar-refractivity contribution is -0.103. The van der Waals surface area contributed by atoms with E-state index in [9.17, 15) is 0 Å². The molecule has 12 heavy (non-hydrogen) atoms. The van der Waals surface area contributed by atoms with E-state index >= 15 is 0 Å². The third kappa shape index (κ3) is 6.59. The zero-order valence-electron chi connectivity index (χ0n) is 9.44. The van der Waals surface area contributed by atoms with Crippen LogP contribution in [0, 0.1) is 5.41 Å². The third-order valence-corrected chi connectivity index (χ3v) is 1.75. The number of ether oxygens (including phenoxy) is 1. The lowest BCUT2D eigenvalue weighted by Gasteiger charge is -2.36. The highest BCUT2D eigenvalue weighted by atomic mass is 19.0. The molecule has 0 radical (unpaired) electrons.